The number of amides is 1. The number of para-hydroxylation sites is 1. The molecule has 27 heavy (non-hydrogen) atoms. The largest absolute Gasteiger partial charge is 0.339 e. The van der Waals surface area contributed by atoms with Gasteiger partial charge in [-0.05, 0) is 30.9 Å². The smallest absolute Gasteiger partial charge is 0.271 e. The van der Waals surface area contributed by atoms with E-state index in [4.69, 9.17) is 0 Å². The maximum atomic E-state index is 12.9. The number of rotatable bonds is 4. The van der Waals surface area contributed by atoms with Crippen molar-refractivity contribution in [3.63, 3.8) is 0 Å². The second kappa shape index (κ2) is 7.70. The van der Waals surface area contributed by atoms with Crippen molar-refractivity contribution in [2.45, 2.75) is 44.2 Å². The van der Waals surface area contributed by atoms with Crippen LogP contribution in [0.4, 0.5) is 0 Å². The van der Waals surface area contributed by atoms with Crippen LogP contribution in [0.1, 0.15) is 42.6 Å². The number of hydrogen-bond donors (Lipinski definition) is 3. The molecule has 1 aliphatic heterocycles. The molecule has 1 aliphatic carbocycles. The Labute approximate surface area is 158 Å². The Morgan fingerprint density at radius 1 is 1.15 bits per heavy atom. The Hall–Kier alpha value is -2.38. The quantitative estimate of drug-likeness (QED) is 0.766. The lowest BCUT2D eigenvalue weighted by atomic mass is 9.90. The van der Waals surface area contributed by atoms with Crippen LogP contribution in [0.2, 0.25) is 0 Å². The highest BCUT2D eigenvalue weighted by atomic mass is 16.2. The summed E-state index contributed by atoms with van der Waals surface area (Å²) in [5.74, 6) is 0.386. The fourth-order valence-electron chi connectivity index (χ4n) is 4.36. The summed E-state index contributed by atoms with van der Waals surface area (Å²) in [5.41, 5.74) is 7.60. The van der Waals surface area contributed by atoms with Gasteiger partial charge < -0.3 is 4.90 Å². The highest BCUT2D eigenvalue weighted by Crippen LogP contribution is 2.29. The minimum atomic E-state index is -0.234. The molecule has 0 radical (unpaired) electrons. The van der Waals surface area contributed by atoms with Crippen molar-refractivity contribution in [3.05, 3.63) is 52.4 Å². The average molecular weight is 369 g/mol. The summed E-state index contributed by atoms with van der Waals surface area (Å²) in [7, 11) is 1.80. The molecule has 0 spiro atoms. The lowest BCUT2D eigenvalue weighted by molar-refractivity contribution is 0.0768. The maximum Gasteiger partial charge on any atom is 0.271 e. The molecule has 3 atom stereocenters. The second-order valence-corrected chi connectivity index (χ2v) is 7.67. The topological polar surface area (TPSA) is 82.2 Å². The highest BCUT2D eigenvalue weighted by molar-refractivity contribution is 5.92. The van der Waals surface area contributed by atoms with Crippen molar-refractivity contribution in [1.82, 2.24) is 25.5 Å². The minimum Gasteiger partial charge on any atom is -0.339 e. The number of aromatic amines is 1. The summed E-state index contributed by atoms with van der Waals surface area (Å²) < 4.78 is 1.40. The zero-order valence-electron chi connectivity index (χ0n) is 15.6. The van der Waals surface area contributed by atoms with Crippen LogP contribution in [-0.2, 0) is 0 Å². The number of H-pyrrole nitrogens is 1. The number of benzene rings is 1. The molecule has 4 rings (SSSR count). The molecule has 3 N–H and O–H groups in total. The molecule has 1 aromatic heterocycles. The van der Waals surface area contributed by atoms with E-state index in [1.807, 2.05) is 30.3 Å². The van der Waals surface area contributed by atoms with Gasteiger partial charge >= 0.3 is 0 Å². The fraction of sp³-hybridized carbons (Fsp3) is 0.500. The molecular formula is C20H27N5O2. The summed E-state index contributed by atoms with van der Waals surface area (Å²) in [6.45, 7) is 0.617. The first-order valence-corrected chi connectivity index (χ1v) is 9.77. The third kappa shape index (κ3) is 3.70. The van der Waals surface area contributed by atoms with Crippen LogP contribution < -0.4 is 16.4 Å². The first-order chi connectivity index (χ1) is 13.1. The monoisotopic (exact) mass is 369 g/mol. The third-order valence-electron chi connectivity index (χ3n) is 5.82. The predicted octanol–water partition coefficient (Wildman–Crippen LogP) is 1.66. The van der Waals surface area contributed by atoms with Crippen molar-refractivity contribution >= 4 is 5.91 Å². The highest BCUT2D eigenvalue weighted by Gasteiger charge is 2.37. The molecule has 7 nitrogen and oxygen atoms in total. The lowest BCUT2D eigenvalue weighted by Gasteiger charge is -2.25. The molecule has 2 aliphatic rings. The number of aromatic nitrogens is 2. The number of carbonyl (C=O) groups excluding carboxylic acids is 1. The van der Waals surface area contributed by atoms with E-state index in [0.29, 0.717) is 29.9 Å². The Bertz CT molecular complexity index is 844. The van der Waals surface area contributed by atoms with Gasteiger partial charge in [0.2, 0.25) is 0 Å². The molecule has 144 valence electrons. The van der Waals surface area contributed by atoms with Crippen LogP contribution in [-0.4, -0.2) is 46.3 Å². The van der Waals surface area contributed by atoms with E-state index in [2.05, 4.69) is 16.0 Å². The first-order valence-electron chi connectivity index (χ1n) is 9.77. The van der Waals surface area contributed by atoms with E-state index in [9.17, 15) is 9.59 Å². The third-order valence-corrected chi connectivity index (χ3v) is 5.82. The van der Waals surface area contributed by atoms with Crippen LogP contribution in [0.15, 0.2) is 41.2 Å². The van der Waals surface area contributed by atoms with Crippen LogP contribution in [0.5, 0.6) is 0 Å². The molecule has 1 amide bonds. The molecule has 1 aromatic carbocycles. The second-order valence-electron chi connectivity index (χ2n) is 7.67. The van der Waals surface area contributed by atoms with Crippen LogP contribution in [0.3, 0.4) is 0 Å². The SMILES string of the molecule is CN(CC1NNC2CCCCCC21)C(=O)c1cc(=O)n(-c2ccccc2)[nH]1. The summed E-state index contributed by atoms with van der Waals surface area (Å²) in [4.78, 5) is 26.8. The molecule has 7 heteroatoms. The Balaban J connectivity index is 1.46. The normalized spacial score (nSPS) is 25.0. The Kier molecular flexibility index (Phi) is 5.13. The van der Waals surface area contributed by atoms with Gasteiger partial charge in [0.05, 0.1) is 5.69 Å². The molecule has 0 bridgehead atoms. The summed E-state index contributed by atoms with van der Waals surface area (Å²) in [5, 5.41) is 2.95. The number of hydrazine groups is 1. The minimum absolute atomic E-state index is 0.166. The standard InChI is InChI=1S/C20H27N5O2/c1-24(13-18-15-10-6-3-7-11-16(15)21-22-18)20(27)17-12-19(26)25(23-17)14-8-4-2-5-9-14/h2,4-5,8-9,12,15-16,18,21-23H,3,6-7,10-11,13H2,1H3. The van der Waals surface area contributed by atoms with Crippen LogP contribution >= 0.6 is 0 Å². The molecule has 2 heterocycles. The van der Waals surface area contributed by atoms with Crippen molar-refractivity contribution in [2.24, 2.45) is 5.92 Å². The van der Waals surface area contributed by atoms with Crippen molar-refractivity contribution < 1.29 is 4.79 Å². The molecule has 1 saturated heterocycles. The number of carbonyl (C=O) groups is 1. The molecule has 3 unspecified atom stereocenters. The molecular weight excluding hydrogens is 342 g/mol. The van der Waals surface area contributed by atoms with Gasteiger partial charge in [0.15, 0.2) is 0 Å². The van der Waals surface area contributed by atoms with E-state index in [1.165, 1.54) is 42.9 Å². The van der Waals surface area contributed by atoms with Gasteiger partial charge in [0, 0.05) is 31.7 Å². The summed E-state index contributed by atoms with van der Waals surface area (Å²) in [6, 6.07) is 11.4. The van der Waals surface area contributed by atoms with Gasteiger partial charge in [-0.25, -0.2) is 4.68 Å². The number of nitrogens with zero attached hydrogens (tertiary/aromatic N) is 2. The number of fused-ring (bicyclic) bond motifs is 1. The van der Waals surface area contributed by atoms with E-state index in [0.717, 1.165) is 0 Å². The van der Waals surface area contributed by atoms with Crippen LogP contribution in [0, 0.1) is 5.92 Å². The summed E-state index contributed by atoms with van der Waals surface area (Å²) >= 11 is 0. The maximum absolute atomic E-state index is 12.9. The van der Waals surface area contributed by atoms with Gasteiger partial charge in [-0.2, -0.15) is 0 Å². The van der Waals surface area contributed by atoms with E-state index < -0.39 is 0 Å². The fourth-order valence-corrected chi connectivity index (χ4v) is 4.36. The predicted molar refractivity (Wildman–Crippen MR) is 104 cm³/mol. The average Bonchev–Trinajstić information content (AvgIpc) is 3.16. The van der Waals surface area contributed by atoms with Gasteiger partial charge in [-0.15, -0.1) is 0 Å². The van der Waals surface area contributed by atoms with E-state index >= 15 is 0 Å². The zero-order chi connectivity index (χ0) is 18.8. The lowest BCUT2D eigenvalue weighted by Crippen LogP contribution is -2.43. The van der Waals surface area contributed by atoms with Crippen molar-refractivity contribution in [3.8, 4) is 5.69 Å². The Morgan fingerprint density at radius 2 is 1.93 bits per heavy atom. The Morgan fingerprint density at radius 3 is 2.74 bits per heavy atom. The van der Waals surface area contributed by atoms with Crippen molar-refractivity contribution in [1.29, 1.82) is 0 Å². The zero-order valence-corrected chi connectivity index (χ0v) is 15.6. The van der Waals surface area contributed by atoms with Gasteiger partial charge in [-0.1, -0.05) is 37.5 Å². The number of hydrogen-bond acceptors (Lipinski definition) is 4. The van der Waals surface area contributed by atoms with Crippen molar-refractivity contribution in [2.75, 3.05) is 13.6 Å². The van der Waals surface area contributed by atoms with Gasteiger partial charge in [-0.3, -0.25) is 25.5 Å². The van der Waals surface area contributed by atoms with E-state index in [-0.39, 0.29) is 17.5 Å². The van der Waals surface area contributed by atoms with Gasteiger partial charge in [0.1, 0.15) is 5.69 Å². The number of nitrogens with one attached hydrogen (secondary N) is 3. The summed E-state index contributed by atoms with van der Waals surface area (Å²) in [6.07, 6.45) is 6.21. The van der Waals surface area contributed by atoms with Gasteiger partial charge in [0.25, 0.3) is 11.5 Å². The van der Waals surface area contributed by atoms with Crippen LogP contribution in [0.25, 0.3) is 5.69 Å². The molecule has 1 saturated carbocycles. The molecule has 2 aromatic rings. The van der Waals surface area contributed by atoms with E-state index in [1.54, 1.807) is 11.9 Å². The number of likely N-dealkylation sites (N-methyl/N-ethyl adjacent to an activating group) is 1. The first kappa shape index (κ1) is 18.0. The molecule has 2 fully saturated rings.